The molecule has 1 aliphatic rings. The van der Waals surface area contributed by atoms with Gasteiger partial charge in [0, 0.05) is 18.7 Å². The number of Topliss-reactive ketones (excluding diaryl/α,β-unsaturated/α-hetero) is 1. The molecule has 2 rings (SSSR count). The third kappa shape index (κ3) is 3.69. The van der Waals surface area contributed by atoms with Crippen LogP contribution >= 0.6 is 23.2 Å². The Morgan fingerprint density at radius 1 is 1.22 bits per heavy atom. The van der Waals surface area contributed by atoms with Crippen LogP contribution in [0.4, 0.5) is 0 Å². The highest BCUT2D eigenvalue weighted by molar-refractivity contribution is 6.42. The number of nitrogens with zero attached hydrogens (tertiary/aromatic N) is 1. The molecular formula is C13H16Cl2N2O. The number of carbonyl (C=O) groups is 1. The van der Waals surface area contributed by atoms with Crippen molar-refractivity contribution in [2.45, 2.75) is 6.42 Å². The predicted octanol–water partition coefficient (Wildman–Crippen LogP) is 2.47. The number of halogens is 2. The molecule has 0 bridgehead atoms. The Hall–Kier alpha value is -0.610. The number of hydrogen-bond acceptors (Lipinski definition) is 3. The highest BCUT2D eigenvalue weighted by Crippen LogP contribution is 2.22. The fourth-order valence-electron chi connectivity index (χ4n) is 2.02. The predicted molar refractivity (Wildman–Crippen MR) is 74.7 cm³/mol. The number of benzene rings is 1. The van der Waals surface area contributed by atoms with Crippen molar-refractivity contribution in [2.24, 2.45) is 0 Å². The van der Waals surface area contributed by atoms with E-state index in [1.54, 1.807) is 18.2 Å². The standard InChI is InChI=1S/C13H16Cl2N2O/c14-11-3-2-10(8-12(11)15)13(18)9-17-6-1-4-16-5-7-17/h2-3,8,16H,1,4-7,9H2. The van der Waals surface area contributed by atoms with E-state index in [2.05, 4.69) is 10.2 Å². The summed E-state index contributed by atoms with van der Waals surface area (Å²) in [6, 6.07) is 5.04. The van der Waals surface area contributed by atoms with Crippen molar-refractivity contribution in [1.29, 1.82) is 0 Å². The normalized spacial score (nSPS) is 17.4. The second kappa shape index (κ2) is 6.53. The van der Waals surface area contributed by atoms with E-state index in [1.807, 2.05) is 0 Å². The fraction of sp³-hybridized carbons (Fsp3) is 0.462. The van der Waals surface area contributed by atoms with E-state index in [0.29, 0.717) is 22.2 Å². The second-order valence-corrected chi connectivity index (χ2v) is 5.25. The van der Waals surface area contributed by atoms with Crippen molar-refractivity contribution >= 4 is 29.0 Å². The van der Waals surface area contributed by atoms with Crippen molar-refractivity contribution in [3.8, 4) is 0 Å². The Morgan fingerprint density at radius 3 is 2.83 bits per heavy atom. The number of hydrogen-bond donors (Lipinski definition) is 1. The maximum atomic E-state index is 12.1. The van der Waals surface area contributed by atoms with Crippen LogP contribution < -0.4 is 5.32 Å². The molecule has 1 aromatic rings. The Bertz CT molecular complexity index is 429. The zero-order valence-corrected chi connectivity index (χ0v) is 11.6. The van der Waals surface area contributed by atoms with Gasteiger partial charge in [0.15, 0.2) is 5.78 Å². The lowest BCUT2D eigenvalue weighted by molar-refractivity contribution is 0.0935. The third-order valence-corrected chi connectivity index (χ3v) is 3.78. The van der Waals surface area contributed by atoms with Gasteiger partial charge in [0.2, 0.25) is 0 Å². The van der Waals surface area contributed by atoms with Gasteiger partial charge in [0.1, 0.15) is 0 Å². The van der Waals surface area contributed by atoms with Gasteiger partial charge in [-0.2, -0.15) is 0 Å². The van der Waals surface area contributed by atoms with Gasteiger partial charge < -0.3 is 5.32 Å². The first-order chi connectivity index (χ1) is 8.66. The van der Waals surface area contributed by atoms with Crippen LogP contribution in [0.5, 0.6) is 0 Å². The highest BCUT2D eigenvalue weighted by Gasteiger charge is 2.14. The van der Waals surface area contributed by atoms with E-state index < -0.39 is 0 Å². The quantitative estimate of drug-likeness (QED) is 0.867. The number of rotatable bonds is 3. The zero-order valence-electron chi connectivity index (χ0n) is 10.1. The number of carbonyl (C=O) groups excluding carboxylic acids is 1. The highest BCUT2D eigenvalue weighted by atomic mass is 35.5. The summed E-state index contributed by atoms with van der Waals surface area (Å²) in [7, 11) is 0. The van der Waals surface area contributed by atoms with Crippen LogP contribution in [0.15, 0.2) is 18.2 Å². The maximum absolute atomic E-state index is 12.1. The van der Waals surface area contributed by atoms with E-state index in [1.165, 1.54) is 0 Å². The summed E-state index contributed by atoms with van der Waals surface area (Å²) in [6.07, 6.45) is 1.08. The maximum Gasteiger partial charge on any atom is 0.176 e. The van der Waals surface area contributed by atoms with Gasteiger partial charge in [0.25, 0.3) is 0 Å². The molecule has 0 aromatic heterocycles. The van der Waals surface area contributed by atoms with Crippen molar-refractivity contribution in [1.82, 2.24) is 10.2 Å². The molecule has 0 spiro atoms. The van der Waals surface area contributed by atoms with Crippen LogP contribution in [-0.2, 0) is 0 Å². The molecule has 0 saturated carbocycles. The summed E-state index contributed by atoms with van der Waals surface area (Å²) in [4.78, 5) is 14.3. The van der Waals surface area contributed by atoms with Gasteiger partial charge >= 0.3 is 0 Å². The third-order valence-electron chi connectivity index (χ3n) is 3.04. The molecular weight excluding hydrogens is 271 g/mol. The molecule has 5 heteroatoms. The molecule has 0 unspecified atom stereocenters. The van der Waals surface area contributed by atoms with Crippen LogP contribution in [0.1, 0.15) is 16.8 Å². The van der Waals surface area contributed by atoms with Crippen molar-refractivity contribution in [2.75, 3.05) is 32.7 Å². The van der Waals surface area contributed by atoms with Crippen LogP contribution in [0, 0.1) is 0 Å². The lowest BCUT2D eigenvalue weighted by Crippen LogP contribution is -2.33. The summed E-state index contributed by atoms with van der Waals surface area (Å²) in [6.45, 7) is 4.28. The van der Waals surface area contributed by atoms with Crippen LogP contribution in [-0.4, -0.2) is 43.4 Å². The molecule has 0 amide bonds. The Kier molecular flexibility index (Phi) is 5.01. The smallest absolute Gasteiger partial charge is 0.176 e. The molecule has 1 aromatic carbocycles. The van der Waals surface area contributed by atoms with E-state index in [-0.39, 0.29) is 5.78 Å². The average molecular weight is 287 g/mol. The Morgan fingerprint density at radius 2 is 2.06 bits per heavy atom. The van der Waals surface area contributed by atoms with Gasteiger partial charge in [-0.25, -0.2) is 0 Å². The fourth-order valence-corrected chi connectivity index (χ4v) is 2.32. The Balaban J connectivity index is 1.99. The molecule has 98 valence electrons. The van der Waals surface area contributed by atoms with Crippen molar-refractivity contribution in [3.63, 3.8) is 0 Å². The lowest BCUT2D eigenvalue weighted by atomic mass is 10.1. The summed E-state index contributed by atoms with van der Waals surface area (Å²) >= 11 is 11.8. The van der Waals surface area contributed by atoms with Gasteiger partial charge in [-0.05, 0) is 37.7 Å². The number of nitrogens with one attached hydrogen (secondary N) is 1. The molecule has 18 heavy (non-hydrogen) atoms. The van der Waals surface area contributed by atoms with Crippen LogP contribution in [0.2, 0.25) is 10.0 Å². The first-order valence-electron chi connectivity index (χ1n) is 6.08. The molecule has 0 atom stereocenters. The van der Waals surface area contributed by atoms with E-state index in [0.717, 1.165) is 32.6 Å². The SMILES string of the molecule is O=C(CN1CCCNCC1)c1ccc(Cl)c(Cl)c1. The summed E-state index contributed by atoms with van der Waals surface area (Å²) in [5, 5.41) is 4.22. The van der Waals surface area contributed by atoms with E-state index >= 15 is 0 Å². The van der Waals surface area contributed by atoms with Crippen molar-refractivity contribution < 1.29 is 4.79 Å². The molecule has 0 aliphatic carbocycles. The van der Waals surface area contributed by atoms with Crippen LogP contribution in [0.3, 0.4) is 0 Å². The van der Waals surface area contributed by atoms with E-state index in [4.69, 9.17) is 23.2 Å². The summed E-state index contributed by atoms with van der Waals surface area (Å²) < 4.78 is 0. The molecule has 3 nitrogen and oxygen atoms in total. The molecule has 1 aliphatic heterocycles. The molecule has 1 N–H and O–H groups in total. The van der Waals surface area contributed by atoms with E-state index in [9.17, 15) is 4.79 Å². The van der Waals surface area contributed by atoms with Gasteiger partial charge in [0.05, 0.1) is 16.6 Å². The molecule has 1 heterocycles. The average Bonchev–Trinajstić information content (AvgIpc) is 2.61. The lowest BCUT2D eigenvalue weighted by Gasteiger charge is -2.18. The van der Waals surface area contributed by atoms with Crippen LogP contribution in [0.25, 0.3) is 0 Å². The molecule has 1 saturated heterocycles. The Labute approximate surface area is 117 Å². The first-order valence-corrected chi connectivity index (χ1v) is 6.84. The minimum atomic E-state index is 0.0930. The topological polar surface area (TPSA) is 32.3 Å². The second-order valence-electron chi connectivity index (χ2n) is 4.43. The molecule has 1 fully saturated rings. The summed E-state index contributed by atoms with van der Waals surface area (Å²) in [5.74, 6) is 0.0930. The van der Waals surface area contributed by atoms with Gasteiger partial charge in [-0.1, -0.05) is 23.2 Å². The largest absolute Gasteiger partial charge is 0.315 e. The zero-order chi connectivity index (χ0) is 13.0. The van der Waals surface area contributed by atoms with Gasteiger partial charge in [-0.3, -0.25) is 9.69 Å². The molecule has 0 radical (unpaired) electrons. The monoisotopic (exact) mass is 286 g/mol. The number of ketones is 1. The first kappa shape index (κ1) is 13.8. The van der Waals surface area contributed by atoms with Crippen molar-refractivity contribution in [3.05, 3.63) is 33.8 Å². The minimum Gasteiger partial charge on any atom is -0.315 e. The minimum absolute atomic E-state index is 0.0930. The summed E-state index contributed by atoms with van der Waals surface area (Å²) in [5.41, 5.74) is 0.626. The van der Waals surface area contributed by atoms with Gasteiger partial charge in [-0.15, -0.1) is 0 Å².